The van der Waals surface area contributed by atoms with Gasteiger partial charge in [-0.05, 0) is 18.6 Å². The van der Waals surface area contributed by atoms with Crippen LogP contribution in [0.4, 0.5) is 10.8 Å². The van der Waals surface area contributed by atoms with Gasteiger partial charge in [0.15, 0.2) is 5.13 Å². The minimum atomic E-state index is -0.0944. The van der Waals surface area contributed by atoms with Crippen LogP contribution >= 0.6 is 11.3 Å². The molecule has 0 aliphatic carbocycles. The highest BCUT2D eigenvalue weighted by atomic mass is 32.1. The molecule has 2 aromatic heterocycles. The van der Waals surface area contributed by atoms with Gasteiger partial charge in [-0.3, -0.25) is 4.79 Å². The van der Waals surface area contributed by atoms with E-state index in [-0.39, 0.29) is 11.7 Å². The number of ether oxygens (including phenoxy) is 1. The number of morpholine rings is 1. The molecule has 3 heterocycles. The average molecular weight is 371 g/mol. The van der Waals surface area contributed by atoms with Gasteiger partial charge in [0, 0.05) is 32.7 Å². The van der Waals surface area contributed by atoms with Crippen LogP contribution < -0.4 is 15.8 Å². The lowest BCUT2D eigenvalue weighted by molar-refractivity contribution is 0.0375. The molecule has 0 saturated carbocycles. The maximum Gasteiger partial charge on any atom is 0.268 e. The van der Waals surface area contributed by atoms with Crippen molar-refractivity contribution in [2.45, 2.75) is 12.5 Å². The molecule has 1 aliphatic heterocycles. The lowest BCUT2D eigenvalue weighted by Gasteiger charge is -2.34. The van der Waals surface area contributed by atoms with Crippen molar-refractivity contribution >= 4 is 32.4 Å². The summed E-state index contributed by atoms with van der Waals surface area (Å²) in [5.74, 6) is 0. The number of aromatic nitrogens is 3. The second kappa shape index (κ2) is 7.43. The molecular formula is C18H21N5O2S. The van der Waals surface area contributed by atoms with E-state index < -0.39 is 0 Å². The van der Waals surface area contributed by atoms with E-state index in [0.29, 0.717) is 6.61 Å². The van der Waals surface area contributed by atoms with E-state index >= 15 is 0 Å². The third-order valence-electron chi connectivity index (χ3n) is 4.49. The molecule has 136 valence electrons. The van der Waals surface area contributed by atoms with Crippen LogP contribution in [-0.2, 0) is 11.8 Å². The lowest BCUT2D eigenvalue weighted by Crippen LogP contribution is -2.43. The monoisotopic (exact) mass is 371 g/mol. The van der Waals surface area contributed by atoms with Crippen LogP contribution in [0.1, 0.15) is 6.42 Å². The SMILES string of the molecule is Cn1ncc(N2CCO[C@H](CCNc3nc4ccccc4s3)C2)cc1=O. The van der Waals surface area contributed by atoms with E-state index in [2.05, 4.69) is 26.4 Å². The summed E-state index contributed by atoms with van der Waals surface area (Å²) in [5.41, 5.74) is 1.79. The highest BCUT2D eigenvalue weighted by molar-refractivity contribution is 7.22. The van der Waals surface area contributed by atoms with Crippen LogP contribution in [0.2, 0.25) is 0 Å². The third kappa shape index (κ3) is 3.71. The third-order valence-corrected chi connectivity index (χ3v) is 5.49. The minimum Gasteiger partial charge on any atom is -0.374 e. The Hall–Kier alpha value is -2.45. The van der Waals surface area contributed by atoms with E-state index in [1.165, 1.54) is 9.38 Å². The highest BCUT2D eigenvalue weighted by Crippen LogP contribution is 2.25. The van der Waals surface area contributed by atoms with Gasteiger partial charge in [-0.15, -0.1) is 0 Å². The molecule has 7 nitrogen and oxygen atoms in total. The maximum absolute atomic E-state index is 11.8. The zero-order valence-corrected chi connectivity index (χ0v) is 15.4. The van der Waals surface area contributed by atoms with Crippen molar-refractivity contribution in [1.82, 2.24) is 14.8 Å². The molecule has 0 bridgehead atoms. The predicted molar refractivity (Wildman–Crippen MR) is 104 cm³/mol. The molecule has 1 aromatic carbocycles. The van der Waals surface area contributed by atoms with Crippen LogP contribution in [0.3, 0.4) is 0 Å². The number of para-hydroxylation sites is 1. The first kappa shape index (κ1) is 17.0. The van der Waals surface area contributed by atoms with E-state index in [9.17, 15) is 4.79 Å². The molecule has 1 aliphatic rings. The van der Waals surface area contributed by atoms with Crippen LogP contribution in [0.5, 0.6) is 0 Å². The number of benzene rings is 1. The van der Waals surface area contributed by atoms with Crippen LogP contribution in [-0.4, -0.2) is 47.1 Å². The Labute approximate surface area is 155 Å². The van der Waals surface area contributed by atoms with Crippen molar-refractivity contribution in [3.63, 3.8) is 0 Å². The van der Waals surface area contributed by atoms with Gasteiger partial charge >= 0.3 is 0 Å². The molecule has 4 rings (SSSR count). The summed E-state index contributed by atoms with van der Waals surface area (Å²) in [6, 6.07) is 9.77. The summed E-state index contributed by atoms with van der Waals surface area (Å²) in [6.45, 7) is 2.99. The number of aryl methyl sites for hydroxylation is 1. The number of rotatable bonds is 5. The van der Waals surface area contributed by atoms with Gasteiger partial charge in [-0.2, -0.15) is 5.10 Å². The molecule has 8 heteroatoms. The second-order valence-corrected chi connectivity index (χ2v) is 7.35. The molecule has 26 heavy (non-hydrogen) atoms. The normalized spacial score (nSPS) is 17.6. The summed E-state index contributed by atoms with van der Waals surface area (Å²) < 4.78 is 8.40. The van der Waals surface area contributed by atoms with Crippen molar-refractivity contribution in [1.29, 1.82) is 0 Å². The van der Waals surface area contributed by atoms with Gasteiger partial charge in [-0.1, -0.05) is 23.5 Å². The van der Waals surface area contributed by atoms with E-state index in [0.717, 1.165) is 42.4 Å². The molecule has 1 fully saturated rings. The molecule has 0 unspecified atom stereocenters. The van der Waals surface area contributed by atoms with Crippen LogP contribution in [0.15, 0.2) is 41.3 Å². The predicted octanol–water partition coefficient (Wildman–Crippen LogP) is 2.10. The van der Waals surface area contributed by atoms with Crippen LogP contribution in [0, 0.1) is 0 Å². The topological polar surface area (TPSA) is 72.3 Å². The molecule has 1 saturated heterocycles. The summed E-state index contributed by atoms with van der Waals surface area (Å²) in [4.78, 5) is 18.5. The Bertz CT molecular complexity index is 921. The largest absolute Gasteiger partial charge is 0.374 e. The van der Waals surface area contributed by atoms with Gasteiger partial charge in [0.1, 0.15) is 0 Å². The summed E-state index contributed by atoms with van der Waals surface area (Å²) >= 11 is 1.67. The number of hydrogen-bond acceptors (Lipinski definition) is 7. The molecular weight excluding hydrogens is 350 g/mol. The van der Waals surface area contributed by atoms with E-state index in [1.807, 2.05) is 18.2 Å². The second-order valence-electron chi connectivity index (χ2n) is 6.32. The first-order valence-electron chi connectivity index (χ1n) is 8.68. The number of thiazole rings is 1. The van der Waals surface area contributed by atoms with Gasteiger partial charge in [0.25, 0.3) is 5.56 Å². The van der Waals surface area contributed by atoms with E-state index in [1.54, 1.807) is 30.6 Å². The standard InChI is InChI=1S/C18H21N5O2S/c1-22-17(24)10-13(11-20-22)23-8-9-25-14(12-23)6-7-19-18-21-15-4-2-3-5-16(15)26-18/h2-5,10-11,14H,6-9,12H2,1H3,(H,19,21)/t14-/m1/s1. The Morgan fingerprint density at radius 1 is 1.38 bits per heavy atom. The van der Waals surface area contributed by atoms with Crippen LogP contribution in [0.25, 0.3) is 10.2 Å². The summed E-state index contributed by atoms with van der Waals surface area (Å²) in [6.07, 6.45) is 2.74. The number of fused-ring (bicyclic) bond motifs is 1. The zero-order valence-electron chi connectivity index (χ0n) is 14.6. The highest BCUT2D eigenvalue weighted by Gasteiger charge is 2.21. The number of nitrogens with one attached hydrogen (secondary N) is 1. The molecule has 3 aromatic rings. The first-order chi connectivity index (χ1) is 12.7. The zero-order chi connectivity index (χ0) is 17.9. The number of hydrogen-bond donors (Lipinski definition) is 1. The molecule has 1 N–H and O–H groups in total. The van der Waals surface area contributed by atoms with Crippen molar-refractivity contribution < 1.29 is 4.74 Å². The summed E-state index contributed by atoms with van der Waals surface area (Å²) in [5, 5.41) is 8.44. The lowest BCUT2D eigenvalue weighted by atomic mass is 10.2. The van der Waals surface area contributed by atoms with Crippen molar-refractivity contribution in [2.24, 2.45) is 7.05 Å². The van der Waals surface area contributed by atoms with Gasteiger partial charge in [0.05, 0.1) is 34.8 Å². The molecule has 0 spiro atoms. The fraction of sp³-hybridized carbons (Fsp3) is 0.389. The number of nitrogens with zero attached hydrogens (tertiary/aromatic N) is 4. The maximum atomic E-state index is 11.8. The average Bonchev–Trinajstić information content (AvgIpc) is 3.07. The Morgan fingerprint density at radius 3 is 3.12 bits per heavy atom. The van der Waals surface area contributed by atoms with Gasteiger partial charge < -0.3 is 15.0 Å². The molecule has 0 amide bonds. The van der Waals surface area contributed by atoms with Crippen molar-refractivity contribution in [3.8, 4) is 0 Å². The van der Waals surface area contributed by atoms with Crippen molar-refractivity contribution in [2.75, 3.05) is 36.5 Å². The van der Waals surface area contributed by atoms with Crippen molar-refractivity contribution in [3.05, 3.63) is 46.9 Å². The van der Waals surface area contributed by atoms with E-state index in [4.69, 9.17) is 4.74 Å². The fourth-order valence-electron chi connectivity index (χ4n) is 3.05. The molecule has 0 radical (unpaired) electrons. The molecule has 1 atom stereocenters. The Kier molecular flexibility index (Phi) is 4.85. The van der Waals surface area contributed by atoms with Gasteiger partial charge in [0.2, 0.25) is 0 Å². The quantitative estimate of drug-likeness (QED) is 0.741. The number of anilines is 2. The minimum absolute atomic E-state index is 0.0944. The smallest absolute Gasteiger partial charge is 0.268 e. The summed E-state index contributed by atoms with van der Waals surface area (Å²) in [7, 11) is 1.65. The fourth-order valence-corrected chi connectivity index (χ4v) is 3.94. The Balaban J connectivity index is 1.33. The first-order valence-corrected chi connectivity index (χ1v) is 9.50. The van der Waals surface area contributed by atoms with Gasteiger partial charge in [-0.25, -0.2) is 9.67 Å². The Morgan fingerprint density at radius 2 is 2.27 bits per heavy atom.